The summed E-state index contributed by atoms with van der Waals surface area (Å²) >= 11 is 0. The van der Waals surface area contributed by atoms with Crippen LogP contribution in [0.2, 0.25) is 0 Å². The van der Waals surface area contributed by atoms with Crippen molar-refractivity contribution in [2.24, 2.45) is 0 Å². The van der Waals surface area contributed by atoms with E-state index in [1.807, 2.05) is 33.0 Å². The molecule has 100 valence electrons. The maximum Gasteiger partial charge on any atom is 0.243 e. The number of anilines is 1. The van der Waals surface area contributed by atoms with Gasteiger partial charge in [0.2, 0.25) is 10.0 Å². The molecule has 0 unspecified atom stereocenters. The smallest absolute Gasteiger partial charge is 0.243 e. The Balaban J connectivity index is 2.50. The van der Waals surface area contributed by atoms with Crippen LogP contribution in [0.5, 0.6) is 0 Å². The molecule has 0 spiro atoms. The summed E-state index contributed by atoms with van der Waals surface area (Å²) in [7, 11) is 0.154. The Morgan fingerprint density at radius 2 is 1.72 bits per heavy atom. The summed E-state index contributed by atoms with van der Waals surface area (Å²) in [5.41, 5.74) is 2.54. The normalized spacial score (nSPS) is 16.1. The van der Waals surface area contributed by atoms with Gasteiger partial charge < -0.3 is 5.32 Å². The van der Waals surface area contributed by atoms with E-state index in [-0.39, 0.29) is 6.04 Å². The third kappa shape index (κ3) is 2.24. The first kappa shape index (κ1) is 13.4. The number of sulfonamides is 1. The minimum Gasteiger partial charge on any atom is -0.388 e. The predicted octanol–water partition coefficient (Wildman–Crippen LogP) is 2.13. The highest BCUT2D eigenvalue weighted by molar-refractivity contribution is 7.89. The fraction of sp³-hybridized carbons (Fsp3) is 0.538. The molecule has 1 aromatic rings. The quantitative estimate of drug-likeness (QED) is 0.910. The molecule has 0 radical (unpaired) electrons. The molecule has 1 aliphatic rings. The summed E-state index contributed by atoms with van der Waals surface area (Å²) in [5, 5.41) is 3.04. The molecule has 0 aliphatic heterocycles. The molecule has 0 saturated heterocycles. The zero-order valence-electron chi connectivity index (χ0n) is 11.3. The molecule has 0 bridgehead atoms. The third-order valence-corrected chi connectivity index (χ3v) is 5.66. The SMILES string of the molecule is CNc1cc(C)c(S(=O)(=O)N(C)C2CC2)c(C)c1. The van der Waals surface area contributed by atoms with Crippen LogP contribution in [0.1, 0.15) is 24.0 Å². The molecule has 0 atom stereocenters. The molecule has 0 amide bonds. The van der Waals surface area contributed by atoms with Crippen LogP contribution in [-0.4, -0.2) is 32.9 Å². The zero-order chi connectivity index (χ0) is 13.5. The molecule has 1 aliphatic carbocycles. The summed E-state index contributed by atoms with van der Waals surface area (Å²) in [4.78, 5) is 0.455. The number of nitrogens with one attached hydrogen (secondary N) is 1. The lowest BCUT2D eigenvalue weighted by Gasteiger charge is -2.20. The van der Waals surface area contributed by atoms with E-state index in [0.717, 1.165) is 29.7 Å². The predicted molar refractivity (Wildman–Crippen MR) is 73.4 cm³/mol. The molecule has 1 saturated carbocycles. The first-order valence-corrected chi connectivity index (χ1v) is 7.59. The lowest BCUT2D eigenvalue weighted by molar-refractivity contribution is 0.463. The second-order valence-electron chi connectivity index (χ2n) is 4.94. The van der Waals surface area contributed by atoms with E-state index in [4.69, 9.17) is 0 Å². The van der Waals surface area contributed by atoms with Gasteiger partial charge in [-0.15, -0.1) is 0 Å². The van der Waals surface area contributed by atoms with Crippen LogP contribution in [0.3, 0.4) is 0 Å². The molecular formula is C13H20N2O2S. The highest BCUT2D eigenvalue weighted by Gasteiger charge is 2.36. The largest absolute Gasteiger partial charge is 0.388 e. The van der Waals surface area contributed by atoms with Crippen molar-refractivity contribution in [1.29, 1.82) is 0 Å². The highest BCUT2D eigenvalue weighted by Crippen LogP contribution is 2.33. The fourth-order valence-electron chi connectivity index (χ4n) is 2.28. The summed E-state index contributed by atoms with van der Waals surface area (Å²) in [6, 6.07) is 3.94. The maximum absolute atomic E-state index is 12.6. The van der Waals surface area contributed by atoms with Crippen molar-refractivity contribution in [1.82, 2.24) is 4.31 Å². The van der Waals surface area contributed by atoms with Crippen LogP contribution in [0.4, 0.5) is 5.69 Å². The van der Waals surface area contributed by atoms with E-state index in [9.17, 15) is 8.42 Å². The monoisotopic (exact) mass is 268 g/mol. The molecule has 1 fully saturated rings. The first-order valence-electron chi connectivity index (χ1n) is 6.15. The fourth-order valence-corrected chi connectivity index (χ4v) is 4.10. The highest BCUT2D eigenvalue weighted by atomic mass is 32.2. The molecule has 1 aromatic carbocycles. The van der Waals surface area contributed by atoms with E-state index in [0.29, 0.717) is 4.90 Å². The van der Waals surface area contributed by atoms with E-state index in [1.165, 1.54) is 4.31 Å². The summed E-state index contributed by atoms with van der Waals surface area (Å²) in [6.07, 6.45) is 1.95. The summed E-state index contributed by atoms with van der Waals surface area (Å²) in [6.45, 7) is 3.70. The third-order valence-electron chi connectivity index (χ3n) is 3.45. The lowest BCUT2D eigenvalue weighted by Crippen LogP contribution is -2.30. The van der Waals surface area contributed by atoms with E-state index >= 15 is 0 Å². The molecular weight excluding hydrogens is 248 g/mol. The Labute approximate surface area is 109 Å². The van der Waals surface area contributed by atoms with Gasteiger partial charge in [0.05, 0.1) is 4.90 Å². The number of benzene rings is 1. The van der Waals surface area contributed by atoms with Crippen LogP contribution in [-0.2, 0) is 10.0 Å². The van der Waals surface area contributed by atoms with E-state index in [2.05, 4.69) is 5.32 Å². The number of hydrogen-bond donors (Lipinski definition) is 1. The van der Waals surface area contributed by atoms with Gasteiger partial charge in [-0.1, -0.05) is 0 Å². The van der Waals surface area contributed by atoms with Crippen LogP contribution >= 0.6 is 0 Å². The van der Waals surface area contributed by atoms with Crippen molar-refractivity contribution >= 4 is 15.7 Å². The van der Waals surface area contributed by atoms with Gasteiger partial charge in [-0.2, -0.15) is 4.31 Å². The van der Waals surface area contributed by atoms with Crippen LogP contribution < -0.4 is 5.32 Å². The Hall–Kier alpha value is -1.07. The van der Waals surface area contributed by atoms with Crippen molar-refractivity contribution in [3.05, 3.63) is 23.3 Å². The summed E-state index contributed by atoms with van der Waals surface area (Å²) in [5.74, 6) is 0. The lowest BCUT2D eigenvalue weighted by atomic mass is 10.1. The Morgan fingerprint density at radius 1 is 1.22 bits per heavy atom. The first-order chi connectivity index (χ1) is 8.37. The van der Waals surface area contributed by atoms with Crippen molar-refractivity contribution in [2.45, 2.75) is 37.6 Å². The van der Waals surface area contributed by atoms with Gasteiger partial charge in [-0.05, 0) is 49.9 Å². The Morgan fingerprint density at radius 3 is 2.11 bits per heavy atom. The second-order valence-corrected chi connectivity index (χ2v) is 6.88. The molecule has 5 heteroatoms. The molecule has 18 heavy (non-hydrogen) atoms. The van der Waals surface area contributed by atoms with Crippen molar-refractivity contribution < 1.29 is 8.42 Å². The number of nitrogens with zero attached hydrogens (tertiary/aromatic N) is 1. The number of hydrogen-bond acceptors (Lipinski definition) is 3. The van der Waals surface area contributed by atoms with E-state index < -0.39 is 10.0 Å². The van der Waals surface area contributed by atoms with Gasteiger partial charge in [-0.25, -0.2) is 8.42 Å². The molecule has 4 nitrogen and oxygen atoms in total. The number of rotatable bonds is 4. The molecule has 0 heterocycles. The van der Waals surface area contributed by atoms with Crippen molar-refractivity contribution in [2.75, 3.05) is 19.4 Å². The van der Waals surface area contributed by atoms with Crippen LogP contribution in [0.15, 0.2) is 17.0 Å². The van der Waals surface area contributed by atoms with Gasteiger partial charge in [0.1, 0.15) is 0 Å². The average molecular weight is 268 g/mol. The topological polar surface area (TPSA) is 49.4 Å². The van der Waals surface area contributed by atoms with Crippen molar-refractivity contribution in [3.63, 3.8) is 0 Å². The maximum atomic E-state index is 12.6. The minimum atomic E-state index is -3.36. The molecule has 2 rings (SSSR count). The van der Waals surface area contributed by atoms with Gasteiger partial charge in [-0.3, -0.25) is 0 Å². The summed E-state index contributed by atoms with van der Waals surface area (Å²) < 4.78 is 26.6. The minimum absolute atomic E-state index is 0.192. The second kappa shape index (κ2) is 4.55. The number of aryl methyl sites for hydroxylation is 2. The van der Waals surface area contributed by atoms with Crippen LogP contribution in [0.25, 0.3) is 0 Å². The van der Waals surface area contributed by atoms with Crippen LogP contribution in [0, 0.1) is 13.8 Å². The van der Waals surface area contributed by atoms with Gasteiger partial charge in [0, 0.05) is 25.8 Å². The standard InChI is InChI=1S/C13H20N2O2S/c1-9-7-11(14-3)8-10(2)13(9)18(16,17)15(4)12-5-6-12/h7-8,12,14H,5-6H2,1-4H3. The van der Waals surface area contributed by atoms with E-state index in [1.54, 1.807) is 7.05 Å². The Bertz CT molecular complexity index is 539. The van der Waals surface area contributed by atoms with Crippen molar-refractivity contribution in [3.8, 4) is 0 Å². The van der Waals surface area contributed by atoms with Gasteiger partial charge >= 0.3 is 0 Å². The molecule has 0 aromatic heterocycles. The zero-order valence-corrected chi connectivity index (χ0v) is 12.1. The van der Waals surface area contributed by atoms with Gasteiger partial charge in [0.15, 0.2) is 0 Å². The molecule has 1 N–H and O–H groups in total. The Kier molecular flexibility index (Phi) is 3.38. The average Bonchev–Trinajstić information content (AvgIpc) is 3.10. The van der Waals surface area contributed by atoms with Gasteiger partial charge in [0.25, 0.3) is 0 Å².